The Bertz CT molecular complexity index is 554. The van der Waals surface area contributed by atoms with Crippen molar-refractivity contribution in [2.75, 3.05) is 0 Å². The van der Waals surface area contributed by atoms with Crippen molar-refractivity contribution in [3.8, 4) is 0 Å². The molecule has 1 rings (SSSR count). The molecule has 5 heteroatoms. The van der Waals surface area contributed by atoms with E-state index in [2.05, 4.69) is 18.2 Å². The maximum atomic E-state index is 11.4. The summed E-state index contributed by atoms with van der Waals surface area (Å²) < 4.78 is 10.5. The number of hydrogen-bond acceptors (Lipinski definition) is 4. The fraction of sp³-hybridized carbons (Fsp3) is 0.267. The summed E-state index contributed by atoms with van der Waals surface area (Å²) in [6.07, 6.45) is 3.94. The number of nitrogens with zero attached hydrogens (tertiary/aromatic N) is 1. The van der Waals surface area contributed by atoms with Crippen LogP contribution in [0.4, 0.5) is 0 Å². The summed E-state index contributed by atoms with van der Waals surface area (Å²) in [5.74, 6) is -0.564. The largest absolute Gasteiger partial charge is 0.463 e. The van der Waals surface area contributed by atoms with Gasteiger partial charge in [0.15, 0.2) is 5.76 Å². The summed E-state index contributed by atoms with van der Waals surface area (Å²) >= 11 is 0. The number of esters is 1. The van der Waals surface area contributed by atoms with Gasteiger partial charge in [-0.25, -0.2) is 9.79 Å². The highest BCUT2D eigenvalue weighted by molar-refractivity contribution is 6.00. The van der Waals surface area contributed by atoms with Gasteiger partial charge in [-0.05, 0) is 19.4 Å². The van der Waals surface area contributed by atoms with Gasteiger partial charge in [-0.1, -0.05) is 20.1 Å². The molecule has 0 aliphatic carbocycles. The van der Waals surface area contributed by atoms with Crippen LogP contribution in [0.2, 0.25) is 0 Å². The van der Waals surface area contributed by atoms with Gasteiger partial charge >= 0.3 is 5.97 Å². The molecule has 1 aromatic heterocycles. The average Bonchev–Trinajstić information content (AvgIpc) is 2.89. The third kappa shape index (κ3) is 4.05. The summed E-state index contributed by atoms with van der Waals surface area (Å²) in [5, 5.41) is 0. The minimum atomic E-state index is -0.515. The van der Waals surface area contributed by atoms with Crippen molar-refractivity contribution in [1.29, 1.82) is 0 Å². The molecule has 1 amide bonds. The number of carbonyl (C=O) groups excluding carboxylic acids is 2. The molecular weight excluding hydrogens is 258 g/mol. The minimum Gasteiger partial charge on any atom is -0.463 e. The Labute approximate surface area is 117 Å². The number of hydrogen-bond donors (Lipinski definition) is 0. The SMILES string of the molecule is C=CC(=O)OC(CC)c1ccoc1C=NC(=O)C(=C)C. The second-order valence-electron chi connectivity index (χ2n) is 4.12. The molecule has 5 nitrogen and oxygen atoms in total. The normalized spacial score (nSPS) is 12.1. The van der Waals surface area contributed by atoms with Gasteiger partial charge in [0.2, 0.25) is 0 Å². The smallest absolute Gasteiger partial charge is 0.330 e. The van der Waals surface area contributed by atoms with E-state index in [9.17, 15) is 9.59 Å². The lowest BCUT2D eigenvalue weighted by Gasteiger charge is -2.13. The Kier molecular flexibility index (Phi) is 5.65. The van der Waals surface area contributed by atoms with E-state index in [1.165, 1.54) is 12.5 Å². The molecule has 1 atom stereocenters. The van der Waals surface area contributed by atoms with Gasteiger partial charge < -0.3 is 9.15 Å². The molecule has 106 valence electrons. The van der Waals surface area contributed by atoms with Gasteiger partial charge in [0.1, 0.15) is 6.10 Å². The van der Waals surface area contributed by atoms with Crippen LogP contribution in [0, 0.1) is 0 Å². The maximum absolute atomic E-state index is 11.4. The highest BCUT2D eigenvalue weighted by atomic mass is 16.5. The molecule has 0 radical (unpaired) electrons. The lowest BCUT2D eigenvalue weighted by Crippen LogP contribution is -2.09. The van der Waals surface area contributed by atoms with Gasteiger partial charge in [-0.2, -0.15) is 0 Å². The molecule has 1 unspecified atom stereocenters. The summed E-state index contributed by atoms with van der Waals surface area (Å²) in [4.78, 5) is 26.4. The first-order valence-electron chi connectivity index (χ1n) is 6.13. The molecule has 0 aromatic carbocycles. The van der Waals surface area contributed by atoms with Crippen LogP contribution in [0.15, 0.2) is 46.5 Å². The van der Waals surface area contributed by atoms with Crippen LogP contribution in [0.5, 0.6) is 0 Å². The van der Waals surface area contributed by atoms with E-state index in [-0.39, 0.29) is 0 Å². The number of rotatable bonds is 6. The topological polar surface area (TPSA) is 68.9 Å². The number of carbonyl (C=O) groups is 2. The van der Waals surface area contributed by atoms with Gasteiger partial charge in [0.25, 0.3) is 5.91 Å². The first-order chi connectivity index (χ1) is 9.49. The van der Waals surface area contributed by atoms with E-state index in [1.807, 2.05) is 6.92 Å². The summed E-state index contributed by atoms with van der Waals surface area (Å²) in [6, 6.07) is 1.68. The van der Waals surface area contributed by atoms with Crippen LogP contribution in [0.3, 0.4) is 0 Å². The fourth-order valence-corrected chi connectivity index (χ4v) is 1.48. The highest BCUT2D eigenvalue weighted by Crippen LogP contribution is 2.25. The van der Waals surface area contributed by atoms with E-state index < -0.39 is 18.0 Å². The molecule has 20 heavy (non-hydrogen) atoms. The summed E-state index contributed by atoms with van der Waals surface area (Å²) in [7, 11) is 0. The van der Waals surface area contributed by atoms with E-state index in [0.717, 1.165) is 6.08 Å². The minimum absolute atomic E-state index is 0.333. The molecule has 0 aliphatic heterocycles. The van der Waals surface area contributed by atoms with Gasteiger partial charge in [-0.15, -0.1) is 0 Å². The molecule has 0 fully saturated rings. The van der Waals surface area contributed by atoms with E-state index in [4.69, 9.17) is 9.15 Å². The lowest BCUT2D eigenvalue weighted by atomic mass is 10.1. The van der Waals surface area contributed by atoms with Crippen molar-refractivity contribution in [2.45, 2.75) is 26.4 Å². The van der Waals surface area contributed by atoms with Gasteiger partial charge in [0, 0.05) is 17.2 Å². The predicted molar refractivity (Wildman–Crippen MR) is 75.4 cm³/mol. The molecule has 0 saturated heterocycles. The van der Waals surface area contributed by atoms with Crippen molar-refractivity contribution >= 4 is 18.1 Å². The molecule has 0 spiro atoms. The van der Waals surface area contributed by atoms with Crippen LogP contribution in [-0.2, 0) is 14.3 Å². The summed E-state index contributed by atoms with van der Waals surface area (Å²) in [6.45, 7) is 10.3. The molecule has 0 bridgehead atoms. The number of amides is 1. The Morgan fingerprint density at radius 3 is 2.80 bits per heavy atom. The molecule has 0 saturated carbocycles. The maximum Gasteiger partial charge on any atom is 0.330 e. The lowest BCUT2D eigenvalue weighted by molar-refractivity contribution is -0.143. The zero-order valence-electron chi connectivity index (χ0n) is 11.6. The van der Waals surface area contributed by atoms with Crippen molar-refractivity contribution in [2.24, 2.45) is 4.99 Å². The first-order valence-corrected chi connectivity index (χ1v) is 6.13. The Balaban J connectivity index is 2.94. The monoisotopic (exact) mass is 275 g/mol. The van der Waals surface area contributed by atoms with Crippen molar-refractivity contribution in [3.63, 3.8) is 0 Å². The summed E-state index contributed by atoms with van der Waals surface area (Å²) in [5.41, 5.74) is 0.987. The van der Waals surface area contributed by atoms with Crippen molar-refractivity contribution in [1.82, 2.24) is 0 Å². The number of aliphatic imine (C=N–C) groups is 1. The third-order valence-corrected chi connectivity index (χ3v) is 2.53. The number of ether oxygens (including phenoxy) is 1. The average molecular weight is 275 g/mol. The van der Waals surface area contributed by atoms with Crippen LogP contribution < -0.4 is 0 Å². The third-order valence-electron chi connectivity index (χ3n) is 2.53. The standard InChI is InChI=1S/C15H17NO4/c1-5-12(20-14(17)6-2)11-7-8-19-13(11)9-16-15(18)10(3)4/h6-9,12H,2-3,5H2,1,4H3. The number of furan rings is 1. The zero-order chi connectivity index (χ0) is 15.1. The molecule has 1 aromatic rings. The van der Waals surface area contributed by atoms with Gasteiger partial charge in [0.05, 0.1) is 12.5 Å². The van der Waals surface area contributed by atoms with E-state index >= 15 is 0 Å². The Hall–Kier alpha value is -2.43. The van der Waals surface area contributed by atoms with Crippen molar-refractivity contribution in [3.05, 3.63) is 48.5 Å². The zero-order valence-corrected chi connectivity index (χ0v) is 11.6. The Morgan fingerprint density at radius 2 is 2.25 bits per heavy atom. The second-order valence-corrected chi connectivity index (χ2v) is 4.12. The molecule has 0 aliphatic rings. The van der Waals surface area contributed by atoms with Gasteiger partial charge in [-0.3, -0.25) is 4.79 Å². The van der Waals surface area contributed by atoms with E-state index in [1.54, 1.807) is 13.0 Å². The Morgan fingerprint density at radius 1 is 1.55 bits per heavy atom. The molecule has 1 heterocycles. The molecular formula is C15H17NO4. The second kappa shape index (κ2) is 7.23. The molecule has 0 N–H and O–H groups in total. The van der Waals surface area contributed by atoms with Crippen LogP contribution in [0.1, 0.15) is 37.7 Å². The van der Waals surface area contributed by atoms with Crippen molar-refractivity contribution < 1.29 is 18.7 Å². The van der Waals surface area contributed by atoms with Crippen LogP contribution in [-0.4, -0.2) is 18.1 Å². The fourth-order valence-electron chi connectivity index (χ4n) is 1.48. The van der Waals surface area contributed by atoms with Crippen LogP contribution >= 0.6 is 0 Å². The first kappa shape index (κ1) is 15.6. The van der Waals surface area contributed by atoms with Crippen LogP contribution in [0.25, 0.3) is 0 Å². The quantitative estimate of drug-likeness (QED) is 0.454. The van der Waals surface area contributed by atoms with E-state index in [0.29, 0.717) is 23.3 Å². The highest BCUT2D eigenvalue weighted by Gasteiger charge is 2.18. The predicted octanol–water partition coefficient (Wildman–Crippen LogP) is 2.98.